The van der Waals surface area contributed by atoms with Crippen LogP contribution in [0.4, 0.5) is 4.79 Å². The molecule has 1 aliphatic heterocycles. The number of carbonyl (C=O) groups is 5. The Morgan fingerprint density at radius 2 is 1.05 bits per heavy atom. The third kappa shape index (κ3) is 23.4. The van der Waals surface area contributed by atoms with Crippen molar-refractivity contribution in [1.82, 2.24) is 10.2 Å². The molecule has 0 spiro atoms. The maximum Gasteiger partial charge on any atom is 0.407 e. The number of alkyl carbamates (subject to hydrolysis) is 1. The van der Waals surface area contributed by atoms with Crippen molar-refractivity contribution in [2.75, 3.05) is 13.2 Å². The number of nitrogens with one attached hydrogen (secondary N) is 1. The van der Waals surface area contributed by atoms with E-state index in [1.165, 1.54) is 117 Å². The number of benzene rings is 1. The summed E-state index contributed by atoms with van der Waals surface area (Å²) in [7, 11) is 0. The van der Waals surface area contributed by atoms with Crippen LogP contribution in [0.25, 0.3) is 0 Å². The molecule has 1 aliphatic rings. The van der Waals surface area contributed by atoms with E-state index < -0.39 is 54.6 Å². The first kappa shape index (κ1) is 52.5. The fourth-order valence-electron chi connectivity index (χ4n) is 7.84. The first-order valence-electron chi connectivity index (χ1n) is 23.5. The van der Waals surface area contributed by atoms with Gasteiger partial charge < -0.3 is 33.9 Å². The first-order chi connectivity index (χ1) is 29.1. The van der Waals surface area contributed by atoms with Crippen LogP contribution in [0.3, 0.4) is 0 Å². The van der Waals surface area contributed by atoms with Crippen molar-refractivity contribution >= 4 is 29.9 Å². The highest BCUT2D eigenvalue weighted by Crippen LogP contribution is 2.30. The van der Waals surface area contributed by atoms with Crippen LogP contribution in [0.1, 0.15) is 194 Å². The van der Waals surface area contributed by atoms with Gasteiger partial charge in [0.05, 0.1) is 0 Å². The molecule has 12 heteroatoms. The Balaban J connectivity index is 2.29. The summed E-state index contributed by atoms with van der Waals surface area (Å²) in [6.45, 7) is 8.07. The number of amides is 2. The van der Waals surface area contributed by atoms with Crippen molar-refractivity contribution in [3.05, 3.63) is 35.9 Å². The quantitative estimate of drug-likeness (QED) is 0.0412. The van der Waals surface area contributed by atoms with E-state index in [2.05, 4.69) is 19.2 Å². The number of unbranched alkanes of at least 4 members (excludes halogenated alkanes) is 21. The van der Waals surface area contributed by atoms with Gasteiger partial charge in [0.25, 0.3) is 0 Å². The van der Waals surface area contributed by atoms with Crippen LogP contribution in [0.15, 0.2) is 30.3 Å². The highest BCUT2D eigenvalue weighted by molar-refractivity contribution is 5.77. The minimum atomic E-state index is -1.31. The normalized spacial score (nSPS) is 18.6. The van der Waals surface area contributed by atoms with Gasteiger partial charge in [-0.3, -0.25) is 19.2 Å². The van der Waals surface area contributed by atoms with Crippen molar-refractivity contribution in [2.24, 2.45) is 0 Å². The van der Waals surface area contributed by atoms with E-state index in [1.54, 1.807) is 4.90 Å². The van der Waals surface area contributed by atoms with Crippen LogP contribution in [0, 0.1) is 0 Å². The van der Waals surface area contributed by atoms with Gasteiger partial charge in [0, 0.05) is 33.7 Å². The molecule has 1 heterocycles. The maximum atomic E-state index is 14.4. The van der Waals surface area contributed by atoms with Gasteiger partial charge in [-0.25, -0.2) is 4.79 Å². The number of rotatable bonds is 33. The summed E-state index contributed by atoms with van der Waals surface area (Å²) in [6, 6.07) is 7.97. The lowest BCUT2D eigenvalue weighted by Gasteiger charge is -2.48. The van der Waals surface area contributed by atoms with Crippen molar-refractivity contribution in [2.45, 2.75) is 226 Å². The summed E-state index contributed by atoms with van der Waals surface area (Å²) in [5.41, 5.74) is 0.760. The number of hydrogen-bond acceptors (Lipinski definition) is 10. The van der Waals surface area contributed by atoms with Gasteiger partial charge in [0.2, 0.25) is 5.91 Å². The van der Waals surface area contributed by atoms with Crippen molar-refractivity contribution < 1.29 is 47.7 Å². The molecule has 1 saturated heterocycles. The average Bonchev–Trinajstić information content (AvgIpc) is 3.22. The second kappa shape index (κ2) is 33.0. The predicted octanol–water partition coefficient (Wildman–Crippen LogP) is 10.7. The molecule has 12 nitrogen and oxygen atoms in total. The molecular formula is C48H80N2O10. The van der Waals surface area contributed by atoms with Crippen molar-refractivity contribution in [1.29, 1.82) is 0 Å². The SMILES string of the molecule is CCCCCCCCCCCCCCN(C(=O)CCCCCCCCCCCCC)[C@@H]1O[C@H](COC(C)=O)[C@@H](OC(C)=O)[C@H](OC(C)=O)[C@H]1NC(=O)OCc1ccccc1. The summed E-state index contributed by atoms with van der Waals surface area (Å²) in [4.78, 5) is 66.7. The highest BCUT2D eigenvalue weighted by Gasteiger charge is 2.53. The average molecular weight is 845 g/mol. The summed E-state index contributed by atoms with van der Waals surface area (Å²) in [5.74, 6) is -2.15. The number of nitrogens with zero attached hydrogens (tertiary/aromatic N) is 1. The lowest BCUT2D eigenvalue weighted by Crippen LogP contribution is -2.70. The minimum Gasteiger partial charge on any atom is -0.463 e. The molecule has 1 aromatic carbocycles. The van der Waals surface area contributed by atoms with E-state index in [1.807, 2.05) is 30.3 Å². The molecule has 1 fully saturated rings. The highest BCUT2D eigenvalue weighted by atomic mass is 16.6. The molecule has 0 unspecified atom stereocenters. The van der Waals surface area contributed by atoms with Gasteiger partial charge in [0.15, 0.2) is 18.4 Å². The summed E-state index contributed by atoms with van der Waals surface area (Å²) in [6.07, 6.45) is 21.0. The standard InChI is InChI=1S/C48H80N2O10/c1-6-8-10-12-14-16-18-20-22-24-26-31-35-50(43(54)34-30-25-23-21-19-17-15-13-11-9-7-2)47-44(49-48(55)57-36-41-32-28-27-29-33-41)46(59-40(5)53)45(58-39(4)52)42(60-47)37-56-38(3)51/h27-29,32-33,42,44-47H,6-26,30-31,34-37H2,1-5H3,(H,49,55)/t42-,44-,45-,46-,47-/m1/s1. The fraction of sp³-hybridized carbons (Fsp3) is 0.771. The molecule has 1 N–H and O–H groups in total. The van der Waals surface area contributed by atoms with Gasteiger partial charge in [-0.05, 0) is 18.4 Å². The molecule has 0 saturated carbocycles. The van der Waals surface area contributed by atoms with Gasteiger partial charge >= 0.3 is 24.0 Å². The minimum absolute atomic E-state index is 0.0358. The van der Waals surface area contributed by atoms with Gasteiger partial charge in [-0.1, -0.05) is 179 Å². The predicted molar refractivity (Wildman–Crippen MR) is 234 cm³/mol. The topological polar surface area (TPSA) is 147 Å². The molecule has 5 atom stereocenters. The van der Waals surface area contributed by atoms with E-state index in [4.69, 9.17) is 23.7 Å². The Labute approximate surface area is 361 Å². The second-order valence-corrected chi connectivity index (χ2v) is 16.5. The van der Waals surface area contributed by atoms with Gasteiger partial charge in [-0.2, -0.15) is 0 Å². The number of hydrogen-bond donors (Lipinski definition) is 1. The molecule has 2 rings (SSSR count). The Morgan fingerprint density at radius 3 is 1.53 bits per heavy atom. The van der Waals surface area contributed by atoms with Crippen LogP contribution >= 0.6 is 0 Å². The first-order valence-corrected chi connectivity index (χ1v) is 23.5. The molecule has 0 aliphatic carbocycles. The Kier molecular flexibility index (Phi) is 28.9. The van der Waals surface area contributed by atoms with Crippen LogP contribution in [-0.4, -0.2) is 78.5 Å². The molecule has 2 amide bonds. The number of carbonyl (C=O) groups excluding carboxylic acids is 5. The largest absolute Gasteiger partial charge is 0.463 e. The van der Waals surface area contributed by atoms with Crippen LogP contribution in [-0.2, 0) is 49.5 Å². The lowest BCUT2D eigenvalue weighted by molar-refractivity contribution is -0.245. The van der Waals surface area contributed by atoms with E-state index >= 15 is 0 Å². The summed E-state index contributed by atoms with van der Waals surface area (Å²) < 4.78 is 29.0. The lowest BCUT2D eigenvalue weighted by atomic mass is 9.94. The summed E-state index contributed by atoms with van der Waals surface area (Å²) in [5, 5.41) is 2.82. The second-order valence-electron chi connectivity index (χ2n) is 16.5. The van der Waals surface area contributed by atoms with E-state index in [9.17, 15) is 24.0 Å². The molecule has 60 heavy (non-hydrogen) atoms. The Hall–Kier alpha value is -3.67. The summed E-state index contributed by atoms with van der Waals surface area (Å²) >= 11 is 0. The fourth-order valence-corrected chi connectivity index (χ4v) is 7.84. The monoisotopic (exact) mass is 845 g/mol. The maximum absolute atomic E-state index is 14.4. The molecular weight excluding hydrogens is 765 g/mol. The smallest absolute Gasteiger partial charge is 0.407 e. The molecule has 0 radical (unpaired) electrons. The molecule has 342 valence electrons. The van der Waals surface area contributed by atoms with E-state index in [-0.39, 0.29) is 25.5 Å². The van der Waals surface area contributed by atoms with E-state index in [0.29, 0.717) is 19.4 Å². The zero-order valence-corrected chi connectivity index (χ0v) is 37.9. The third-order valence-corrected chi connectivity index (χ3v) is 11.1. The third-order valence-electron chi connectivity index (χ3n) is 11.1. The molecule has 1 aromatic rings. The Morgan fingerprint density at radius 1 is 0.583 bits per heavy atom. The zero-order valence-electron chi connectivity index (χ0n) is 37.9. The Bertz CT molecular complexity index is 1330. The number of esters is 3. The van der Waals surface area contributed by atoms with Gasteiger partial charge in [-0.15, -0.1) is 0 Å². The van der Waals surface area contributed by atoms with Crippen molar-refractivity contribution in [3.8, 4) is 0 Å². The van der Waals surface area contributed by atoms with Crippen molar-refractivity contribution in [3.63, 3.8) is 0 Å². The zero-order chi connectivity index (χ0) is 43.8. The molecule has 0 bridgehead atoms. The van der Waals surface area contributed by atoms with Crippen LogP contribution < -0.4 is 5.32 Å². The number of ether oxygens (including phenoxy) is 5. The van der Waals surface area contributed by atoms with E-state index in [0.717, 1.165) is 44.1 Å². The van der Waals surface area contributed by atoms with Crippen LogP contribution in [0.5, 0.6) is 0 Å². The van der Waals surface area contributed by atoms with Gasteiger partial charge in [0.1, 0.15) is 25.4 Å². The van der Waals surface area contributed by atoms with Crippen LogP contribution in [0.2, 0.25) is 0 Å². The molecule has 0 aromatic heterocycles.